The van der Waals surface area contributed by atoms with Gasteiger partial charge in [-0.2, -0.15) is 0 Å². The van der Waals surface area contributed by atoms with Gasteiger partial charge >= 0.3 is 0 Å². The molecule has 0 unspecified atom stereocenters. The highest BCUT2D eigenvalue weighted by molar-refractivity contribution is 9.10. The number of fused-ring (bicyclic) bond motifs is 1. The van der Waals surface area contributed by atoms with Gasteiger partial charge in [-0.1, -0.05) is 33.2 Å². The van der Waals surface area contributed by atoms with E-state index in [-0.39, 0.29) is 0 Å². The zero-order valence-corrected chi connectivity index (χ0v) is 17.7. The van der Waals surface area contributed by atoms with Crippen LogP contribution in [0.4, 0.5) is 5.82 Å². The number of benzene rings is 1. The molecular weight excluding hydrogens is 434 g/mol. The number of pyridine rings is 1. The first-order chi connectivity index (χ1) is 14.2. The lowest BCUT2D eigenvalue weighted by atomic mass is 9.98. The maximum Gasteiger partial charge on any atom is 0.135 e. The molecule has 2 N–H and O–H groups in total. The lowest BCUT2D eigenvalue weighted by Gasteiger charge is -2.25. The molecule has 1 saturated heterocycles. The summed E-state index contributed by atoms with van der Waals surface area (Å²) in [6.07, 6.45) is 2.94. The van der Waals surface area contributed by atoms with Gasteiger partial charge in [0.2, 0.25) is 0 Å². The standard InChI is InChI=1S/C21H24BrN5O2/c22-16-3-1-2-15(12-16)13-19(26-28)17-4-5-24-21-18(17)14-20(25-21)23-6-7-27-8-10-29-11-9-27/h1-5,12,28H,6-11,13-14H2,(H,23,24,25)/b26-19+. The lowest BCUT2D eigenvalue weighted by molar-refractivity contribution is 0.0394. The maximum absolute atomic E-state index is 9.68. The van der Waals surface area contributed by atoms with Crippen molar-refractivity contribution in [2.24, 2.45) is 10.1 Å². The number of aromatic nitrogens is 1. The van der Waals surface area contributed by atoms with E-state index in [9.17, 15) is 5.21 Å². The van der Waals surface area contributed by atoms with Gasteiger partial charge in [-0.25, -0.2) is 4.98 Å². The van der Waals surface area contributed by atoms with Gasteiger partial charge < -0.3 is 15.3 Å². The summed E-state index contributed by atoms with van der Waals surface area (Å²) >= 11 is 3.49. The predicted molar refractivity (Wildman–Crippen MR) is 117 cm³/mol. The van der Waals surface area contributed by atoms with Crippen molar-refractivity contribution >= 4 is 33.3 Å². The third kappa shape index (κ3) is 5.01. The van der Waals surface area contributed by atoms with E-state index in [2.05, 4.69) is 36.3 Å². The number of halogens is 1. The highest BCUT2D eigenvalue weighted by Crippen LogP contribution is 2.26. The van der Waals surface area contributed by atoms with Crippen LogP contribution in [0.5, 0.6) is 0 Å². The molecule has 2 aromatic rings. The molecule has 1 fully saturated rings. The highest BCUT2D eigenvalue weighted by atomic mass is 79.9. The second-order valence-electron chi connectivity index (χ2n) is 7.12. The van der Waals surface area contributed by atoms with Crippen molar-refractivity contribution in [1.82, 2.24) is 9.88 Å². The van der Waals surface area contributed by atoms with Crippen LogP contribution in [0.25, 0.3) is 0 Å². The van der Waals surface area contributed by atoms with E-state index in [0.717, 1.165) is 72.2 Å². The number of amidine groups is 1. The minimum absolute atomic E-state index is 0.538. The fourth-order valence-electron chi connectivity index (χ4n) is 3.67. The minimum atomic E-state index is 0.538. The quantitative estimate of drug-likeness (QED) is 0.395. The molecule has 8 heteroatoms. The number of morpholine rings is 1. The van der Waals surface area contributed by atoms with Crippen LogP contribution < -0.4 is 5.32 Å². The Balaban J connectivity index is 1.45. The van der Waals surface area contributed by atoms with Crippen LogP contribution in [0.1, 0.15) is 16.7 Å². The Labute approximate surface area is 178 Å². The zero-order valence-electron chi connectivity index (χ0n) is 16.1. The first kappa shape index (κ1) is 20.0. The molecule has 152 valence electrons. The lowest BCUT2D eigenvalue weighted by Crippen LogP contribution is -2.37. The average Bonchev–Trinajstić information content (AvgIpc) is 3.16. The van der Waals surface area contributed by atoms with Gasteiger partial charge in [-0.15, -0.1) is 0 Å². The summed E-state index contributed by atoms with van der Waals surface area (Å²) in [5, 5.41) is 16.6. The van der Waals surface area contributed by atoms with Crippen molar-refractivity contribution in [3.63, 3.8) is 0 Å². The van der Waals surface area contributed by atoms with E-state index in [0.29, 0.717) is 18.6 Å². The molecule has 0 aliphatic carbocycles. The molecular formula is C21H24BrN5O2. The Morgan fingerprint density at radius 3 is 2.93 bits per heavy atom. The normalized spacial score (nSPS) is 18.7. The summed E-state index contributed by atoms with van der Waals surface area (Å²) in [5.41, 5.74) is 3.63. The third-order valence-corrected chi connectivity index (χ3v) is 5.67. The molecule has 0 bridgehead atoms. The van der Waals surface area contributed by atoms with Crippen LogP contribution in [0.3, 0.4) is 0 Å². The van der Waals surface area contributed by atoms with E-state index in [1.54, 1.807) is 6.20 Å². The Morgan fingerprint density at radius 2 is 2.14 bits per heavy atom. The first-order valence-electron chi connectivity index (χ1n) is 9.77. The van der Waals surface area contributed by atoms with Gasteiger partial charge in [0.15, 0.2) is 0 Å². The molecule has 0 spiro atoms. The largest absolute Gasteiger partial charge is 0.411 e. The smallest absolute Gasteiger partial charge is 0.135 e. The summed E-state index contributed by atoms with van der Waals surface area (Å²) in [6.45, 7) is 5.21. The van der Waals surface area contributed by atoms with Crippen molar-refractivity contribution in [3.8, 4) is 0 Å². The number of hydrogen-bond donors (Lipinski definition) is 2. The molecule has 4 rings (SSSR count). The summed E-state index contributed by atoms with van der Waals surface area (Å²) < 4.78 is 6.39. The second kappa shape index (κ2) is 9.47. The fourth-order valence-corrected chi connectivity index (χ4v) is 4.12. The monoisotopic (exact) mass is 457 g/mol. The van der Waals surface area contributed by atoms with Crippen LogP contribution in [0.15, 0.2) is 51.1 Å². The molecule has 1 aromatic heterocycles. The summed E-state index contributed by atoms with van der Waals surface area (Å²) in [6, 6.07) is 9.92. The summed E-state index contributed by atoms with van der Waals surface area (Å²) in [7, 11) is 0. The molecule has 0 radical (unpaired) electrons. The van der Waals surface area contributed by atoms with E-state index < -0.39 is 0 Å². The predicted octanol–water partition coefficient (Wildman–Crippen LogP) is 2.96. The Morgan fingerprint density at radius 1 is 1.28 bits per heavy atom. The molecule has 7 nitrogen and oxygen atoms in total. The second-order valence-corrected chi connectivity index (χ2v) is 8.04. The van der Waals surface area contributed by atoms with Crippen LogP contribution in [-0.4, -0.2) is 66.0 Å². The molecule has 0 atom stereocenters. The highest BCUT2D eigenvalue weighted by Gasteiger charge is 2.23. The third-order valence-electron chi connectivity index (χ3n) is 5.18. The number of oxime groups is 1. The van der Waals surface area contributed by atoms with Crippen LogP contribution in [-0.2, 0) is 17.6 Å². The number of rotatable bonds is 6. The molecule has 0 amide bonds. The number of nitrogens with one attached hydrogen (secondary N) is 1. The summed E-state index contributed by atoms with van der Waals surface area (Å²) in [5.74, 6) is 1.70. The van der Waals surface area contributed by atoms with Crippen molar-refractivity contribution in [2.75, 3.05) is 44.7 Å². The van der Waals surface area contributed by atoms with Crippen LogP contribution in [0, 0.1) is 0 Å². The molecule has 29 heavy (non-hydrogen) atoms. The number of aliphatic imine (C=N–C) groups is 1. The zero-order chi connectivity index (χ0) is 20.1. The number of hydrogen-bond acceptors (Lipinski definition) is 6. The number of nitrogens with zero attached hydrogens (tertiary/aromatic N) is 4. The van der Waals surface area contributed by atoms with Crippen molar-refractivity contribution in [3.05, 3.63) is 57.7 Å². The fraction of sp³-hybridized carbons (Fsp3) is 0.381. The van der Waals surface area contributed by atoms with Gasteiger partial charge in [-0.05, 0) is 23.8 Å². The van der Waals surface area contributed by atoms with E-state index >= 15 is 0 Å². The Bertz CT molecular complexity index is 925. The van der Waals surface area contributed by atoms with E-state index in [1.807, 2.05) is 30.3 Å². The van der Waals surface area contributed by atoms with Crippen molar-refractivity contribution < 1.29 is 9.94 Å². The minimum Gasteiger partial charge on any atom is -0.411 e. The Hall–Kier alpha value is -2.29. The van der Waals surface area contributed by atoms with Crippen molar-refractivity contribution in [1.29, 1.82) is 0 Å². The average molecular weight is 458 g/mol. The molecule has 1 aromatic carbocycles. The van der Waals surface area contributed by atoms with Gasteiger partial charge in [0.25, 0.3) is 0 Å². The van der Waals surface area contributed by atoms with Crippen LogP contribution >= 0.6 is 15.9 Å². The van der Waals surface area contributed by atoms with Gasteiger partial charge in [0, 0.05) is 54.3 Å². The summed E-state index contributed by atoms with van der Waals surface area (Å²) in [4.78, 5) is 11.5. The number of anilines is 1. The maximum atomic E-state index is 9.68. The first-order valence-corrected chi connectivity index (χ1v) is 10.6. The molecule has 3 heterocycles. The number of ether oxygens (including phenoxy) is 1. The van der Waals surface area contributed by atoms with Crippen LogP contribution in [0.2, 0.25) is 0 Å². The van der Waals surface area contributed by atoms with Gasteiger partial charge in [0.05, 0.1) is 25.5 Å². The van der Waals surface area contributed by atoms with E-state index in [4.69, 9.17) is 9.73 Å². The molecule has 2 aliphatic rings. The molecule has 0 saturated carbocycles. The molecule has 2 aliphatic heterocycles. The Kier molecular flexibility index (Phi) is 6.53. The van der Waals surface area contributed by atoms with Crippen molar-refractivity contribution in [2.45, 2.75) is 12.8 Å². The SMILES string of the molecule is O/N=C(\Cc1cccc(Br)c1)c1ccnc2c1CC(=NCCN1CCOCC1)N2. The topological polar surface area (TPSA) is 82.3 Å². The van der Waals surface area contributed by atoms with E-state index in [1.165, 1.54) is 0 Å². The van der Waals surface area contributed by atoms with Gasteiger partial charge in [0.1, 0.15) is 11.7 Å². The van der Waals surface area contributed by atoms with Gasteiger partial charge in [-0.3, -0.25) is 9.89 Å².